The Hall–Kier alpha value is -0.820. The van der Waals surface area contributed by atoms with E-state index in [1.807, 2.05) is 0 Å². The summed E-state index contributed by atoms with van der Waals surface area (Å²) < 4.78 is 6.07. The van der Waals surface area contributed by atoms with Gasteiger partial charge in [-0.05, 0) is 44.2 Å². The maximum absolute atomic E-state index is 6.07. The van der Waals surface area contributed by atoms with Gasteiger partial charge in [-0.2, -0.15) is 0 Å². The highest BCUT2D eigenvalue weighted by atomic mass is 127. The Morgan fingerprint density at radius 3 is 2.96 bits per heavy atom. The SMILES string of the molecule is CCN=C(NC1C2CCOC2C12CCC2)N1CCc2ccccc21.I. The molecule has 4 aliphatic rings. The van der Waals surface area contributed by atoms with E-state index in [-0.39, 0.29) is 24.0 Å². The van der Waals surface area contributed by atoms with Crippen molar-refractivity contribution >= 4 is 35.6 Å². The largest absolute Gasteiger partial charge is 0.377 e. The van der Waals surface area contributed by atoms with Gasteiger partial charge in [-0.15, -0.1) is 24.0 Å². The Bertz CT molecular complexity index is 673. The van der Waals surface area contributed by atoms with Gasteiger partial charge in [-0.1, -0.05) is 24.6 Å². The first-order valence-electron chi connectivity index (χ1n) is 9.61. The number of hydrogen-bond acceptors (Lipinski definition) is 2. The third-order valence-electron chi connectivity index (χ3n) is 6.77. The van der Waals surface area contributed by atoms with E-state index in [0.717, 1.165) is 32.1 Å². The number of aliphatic imine (C=N–C) groups is 1. The van der Waals surface area contributed by atoms with Gasteiger partial charge in [0.2, 0.25) is 0 Å². The Kier molecular flexibility index (Phi) is 4.73. The van der Waals surface area contributed by atoms with Crippen molar-refractivity contribution in [2.45, 2.75) is 51.2 Å². The van der Waals surface area contributed by atoms with Crippen LogP contribution in [0.1, 0.15) is 38.2 Å². The normalized spacial score (nSPS) is 31.6. The maximum Gasteiger partial charge on any atom is 0.198 e. The van der Waals surface area contributed by atoms with E-state index in [0.29, 0.717) is 23.5 Å². The molecule has 1 saturated heterocycles. The van der Waals surface area contributed by atoms with Crippen LogP contribution in [0.2, 0.25) is 0 Å². The first-order chi connectivity index (χ1) is 11.8. The highest BCUT2D eigenvalue weighted by molar-refractivity contribution is 14.0. The minimum Gasteiger partial charge on any atom is -0.377 e. The van der Waals surface area contributed by atoms with Crippen LogP contribution in [-0.2, 0) is 11.2 Å². The summed E-state index contributed by atoms with van der Waals surface area (Å²) >= 11 is 0. The second-order valence-corrected chi connectivity index (χ2v) is 7.78. The highest BCUT2D eigenvalue weighted by Gasteiger charge is 2.66. The zero-order chi connectivity index (χ0) is 16.1. The van der Waals surface area contributed by atoms with Crippen molar-refractivity contribution in [1.82, 2.24) is 5.32 Å². The molecule has 0 radical (unpaired) electrons. The van der Waals surface area contributed by atoms with Crippen LogP contribution in [0.15, 0.2) is 29.3 Å². The van der Waals surface area contributed by atoms with Crippen molar-refractivity contribution in [2.75, 3.05) is 24.6 Å². The van der Waals surface area contributed by atoms with Gasteiger partial charge in [-0.25, -0.2) is 0 Å². The summed E-state index contributed by atoms with van der Waals surface area (Å²) in [5, 5.41) is 3.90. The lowest BCUT2D eigenvalue weighted by molar-refractivity contribution is -0.171. The summed E-state index contributed by atoms with van der Waals surface area (Å²) in [6, 6.07) is 9.31. The molecule has 1 N–H and O–H groups in total. The van der Waals surface area contributed by atoms with E-state index >= 15 is 0 Å². The number of halogens is 1. The number of para-hydroxylation sites is 1. The number of nitrogens with one attached hydrogen (secondary N) is 1. The van der Waals surface area contributed by atoms with Crippen LogP contribution >= 0.6 is 24.0 Å². The molecule has 0 bridgehead atoms. The Labute approximate surface area is 167 Å². The van der Waals surface area contributed by atoms with Crippen molar-refractivity contribution in [1.29, 1.82) is 0 Å². The second kappa shape index (κ2) is 6.72. The number of fused-ring (bicyclic) bond motifs is 3. The molecule has 2 saturated carbocycles. The molecular formula is C20H28IN3O. The fraction of sp³-hybridized carbons (Fsp3) is 0.650. The Balaban J connectivity index is 0.00000157. The number of anilines is 1. The predicted molar refractivity (Wildman–Crippen MR) is 112 cm³/mol. The zero-order valence-corrected chi connectivity index (χ0v) is 17.2. The summed E-state index contributed by atoms with van der Waals surface area (Å²) in [7, 11) is 0. The molecule has 2 heterocycles. The molecule has 2 aliphatic heterocycles. The van der Waals surface area contributed by atoms with Gasteiger partial charge in [0.05, 0.1) is 6.10 Å². The average molecular weight is 453 g/mol. The molecule has 1 aromatic carbocycles. The van der Waals surface area contributed by atoms with Gasteiger partial charge in [0.1, 0.15) is 0 Å². The van der Waals surface area contributed by atoms with Gasteiger partial charge in [0.15, 0.2) is 5.96 Å². The van der Waals surface area contributed by atoms with Crippen LogP contribution in [0.3, 0.4) is 0 Å². The molecule has 3 atom stereocenters. The fourth-order valence-electron chi connectivity index (χ4n) is 5.51. The van der Waals surface area contributed by atoms with E-state index in [4.69, 9.17) is 9.73 Å². The van der Waals surface area contributed by atoms with Crippen LogP contribution in [-0.4, -0.2) is 37.8 Å². The predicted octanol–water partition coefficient (Wildman–Crippen LogP) is 3.59. The number of rotatable bonds is 2. The van der Waals surface area contributed by atoms with Crippen LogP contribution in [0, 0.1) is 11.3 Å². The lowest BCUT2D eigenvalue weighted by Crippen LogP contribution is -2.72. The standard InChI is InChI=1S/C20H27N3O.HI/c1-2-21-19(23-12-8-14-6-3-4-7-16(14)23)22-17-15-9-13-24-18(15)20(17)10-5-11-20;/h3-4,6-7,15,17-18H,2,5,8-13H2,1H3,(H,21,22);1H. The van der Waals surface area contributed by atoms with Crippen LogP contribution in [0.4, 0.5) is 5.69 Å². The first kappa shape index (κ1) is 17.6. The van der Waals surface area contributed by atoms with Crippen LogP contribution in [0.25, 0.3) is 0 Å². The first-order valence-corrected chi connectivity index (χ1v) is 9.61. The molecule has 5 rings (SSSR count). The van der Waals surface area contributed by atoms with E-state index in [1.54, 1.807) is 0 Å². The van der Waals surface area contributed by atoms with Gasteiger partial charge in [-0.3, -0.25) is 4.99 Å². The zero-order valence-electron chi connectivity index (χ0n) is 14.9. The molecule has 2 aliphatic carbocycles. The third-order valence-corrected chi connectivity index (χ3v) is 6.77. The van der Waals surface area contributed by atoms with Crippen LogP contribution in [0.5, 0.6) is 0 Å². The molecular weight excluding hydrogens is 425 g/mol. The van der Waals surface area contributed by atoms with Crippen molar-refractivity contribution in [3.8, 4) is 0 Å². The summed E-state index contributed by atoms with van der Waals surface area (Å²) in [6.07, 6.45) is 6.84. The number of guanidine groups is 1. The summed E-state index contributed by atoms with van der Waals surface area (Å²) in [4.78, 5) is 7.25. The molecule has 25 heavy (non-hydrogen) atoms. The van der Waals surface area contributed by atoms with Gasteiger partial charge in [0.25, 0.3) is 0 Å². The second-order valence-electron chi connectivity index (χ2n) is 7.78. The average Bonchev–Trinajstić information content (AvgIpc) is 3.15. The minimum absolute atomic E-state index is 0. The monoisotopic (exact) mass is 453 g/mol. The Morgan fingerprint density at radius 1 is 1.36 bits per heavy atom. The van der Waals surface area contributed by atoms with E-state index in [2.05, 4.69) is 41.4 Å². The number of benzene rings is 1. The number of hydrogen-bond donors (Lipinski definition) is 1. The smallest absolute Gasteiger partial charge is 0.198 e. The van der Waals surface area contributed by atoms with Crippen molar-refractivity contribution in [3.63, 3.8) is 0 Å². The molecule has 136 valence electrons. The van der Waals surface area contributed by atoms with Crippen molar-refractivity contribution in [3.05, 3.63) is 29.8 Å². The molecule has 3 fully saturated rings. The molecule has 1 spiro atoms. The lowest BCUT2D eigenvalue weighted by atomic mass is 9.46. The quantitative estimate of drug-likeness (QED) is 0.423. The summed E-state index contributed by atoms with van der Waals surface area (Å²) in [5.41, 5.74) is 3.17. The van der Waals surface area contributed by atoms with E-state index in [9.17, 15) is 0 Å². The topological polar surface area (TPSA) is 36.9 Å². The molecule has 0 amide bonds. The Morgan fingerprint density at radius 2 is 2.20 bits per heavy atom. The van der Waals surface area contributed by atoms with Crippen molar-refractivity contribution < 1.29 is 4.74 Å². The highest BCUT2D eigenvalue weighted by Crippen LogP contribution is 2.62. The van der Waals surface area contributed by atoms with Gasteiger partial charge in [0, 0.05) is 42.8 Å². The molecule has 0 aromatic heterocycles. The fourth-order valence-corrected chi connectivity index (χ4v) is 5.51. The molecule has 5 heteroatoms. The minimum atomic E-state index is 0. The molecule has 1 aromatic rings. The van der Waals surface area contributed by atoms with Crippen LogP contribution < -0.4 is 10.2 Å². The molecule has 3 unspecified atom stereocenters. The molecule has 4 nitrogen and oxygen atoms in total. The van der Waals surface area contributed by atoms with Crippen molar-refractivity contribution in [2.24, 2.45) is 16.3 Å². The number of ether oxygens (including phenoxy) is 1. The van der Waals surface area contributed by atoms with E-state index < -0.39 is 0 Å². The summed E-state index contributed by atoms with van der Waals surface area (Å²) in [5.74, 6) is 1.77. The lowest BCUT2D eigenvalue weighted by Gasteiger charge is -2.63. The van der Waals surface area contributed by atoms with Gasteiger partial charge < -0.3 is 15.0 Å². The third kappa shape index (κ3) is 2.52. The number of nitrogens with zero attached hydrogens (tertiary/aromatic N) is 2. The maximum atomic E-state index is 6.07. The van der Waals surface area contributed by atoms with Gasteiger partial charge >= 0.3 is 0 Å². The summed E-state index contributed by atoms with van der Waals surface area (Å²) in [6.45, 7) is 4.94. The van der Waals surface area contributed by atoms with E-state index in [1.165, 1.54) is 36.9 Å².